The van der Waals surface area contributed by atoms with Crippen molar-refractivity contribution in [3.05, 3.63) is 35.5 Å². The van der Waals surface area contributed by atoms with Crippen LogP contribution in [0.2, 0.25) is 0 Å². The van der Waals surface area contributed by atoms with Crippen LogP contribution in [0.15, 0.2) is 29.4 Å². The predicted molar refractivity (Wildman–Crippen MR) is 96.9 cm³/mol. The molecule has 4 nitrogen and oxygen atoms in total. The number of amides is 1. The number of nitrogens with one attached hydrogen (secondary N) is 1. The van der Waals surface area contributed by atoms with Gasteiger partial charge in [0.1, 0.15) is 0 Å². The second-order valence-electron chi connectivity index (χ2n) is 6.75. The molecule has 24 heavy (non-hydrogen) atoms. The number of fused-ring (bicyclic) bond motifs is 1. The van der Waals surface area contributed by atoms with Gasteiger partial charge in [-0.3, -0.25) is 4.79 Å². The average molecular weight is 341 g/mol. The van der Waals surface area contributed by atoms with E-state index in [1.54, 1.807) is 11.8 Å². The molecule has 1 aromatic carbocycles. The molecule has 5 heteroatoms. The second kappa shape index (κ2) is 6.63. The molecule has 2 aromatic rings. The van der Waals surface area contributed by atoms with Crippen molar-refractivity contribution in [1.82, 2.24) is 14.9 Å². The Bertz CT molecular complexity index is 745. The van der Waals surface area contributed by atoms with Gasteiger partial charge in [-0.05, 0) is 19.8 Å². The summed E-state index contributed by atoms with van der Waals surface area (Å²) < 4.78 is 2.27. The molecule has 1 fully saturated rings. The number of benzene rings is 1. The van der Waals surface area contributed by atoms with Crippen LogP contribution in [0.5, 0.6) is 0 Å². The number of thioether (sulfide) groups is 1. The van der Waals surface area contributed by atoms with E-state index >= 15 is 0 Å². The summed E-state index contributed by atoms with van der Waals surface area (Å²) in [5, 5.41) is 4.25. The first kappa shape index (κ1) is 15.8. The Morgan fingerprint density at radius 1 is 1.29 bits per heavy atom. The number of aromatic nitrogens is 2. The monoisotopic (exact) mass is 341 g/mol. The van der Waals surface area contributed by atoms with Crippen LogP contribution in [0, 0.1) is 12.8 Å². The third-order valence-corrected chi connectivity index (χ3v) is 6.02. The Morgan fingerprint density at radius 3 is 2.79 bits per heavy atom. The van der Waals surface area contributed by atoms with E-state index in [4.69, 9.17) is 4.98 Å². The number of carbonyl (C=O) groups excluding carboxylic acids is 1. The maximum atomic E-state index is 12.4. The molecule has 2 aliphatic rings. The largest absolute Gasteiger partial charge is 0.350 e. The number of hydrogen-bond acceptors (Lipinski definition) is 3. The Kier molecular flexibility index (Phi) is 4.35. The number of imidazole rings is 1. The van der Waals surface area contributed by atoms with Crippen LogP contribution in [-0.2, 0) is 17.9 Å². The average Bonchev–Trinajstić information content (AvgIpc) is 3.31. The van der Waals surface area contributed by atoms with Gasteiger partial charge in [0, 0.05) is 23.8 Å². The molecule has 1 N–H and O–H groups in total. The van der Waals surface area contributed by atoms with Gasteiger partial charge in [-0.25, -0.2) is 4.98 Å². The molecule has 4 rings (SSSR count). The molecule has 1 saturated carbocycles. The first-order chi connectivity index (χ1) is 11.7. The fraction of sp³-hybridized carbons (Fsp3) is 0.474. The minimum atomic E-state index is 0.211. The van der Waals surface area contributed by atoms with Gasteiger partial charge in [0.25, 0.3) is 0 Å². The highest BCUT2D eigenvalue weighted by atomic mass is 32.2. The van der Waals surface area contributed by atoms with Gasteiger partial charge in [0.15, 0.2) is 5.16 Å². The zero-order chi connectivity index (χ0) is 16.5. The smallest absolute Gasteiger partial charge is 0.223 e. The first-order valence-electron chi connectivity index (χ1n) is 8.79. The molecule has 126 valence electrons. The molecule has 0 spiro atoms. The summed E-state index contributed by atoms with van der Waals surface area (Å²) >= 11 is 1.80. The van der Waals surface area contributed by atoms with Crippen molar-refractivity contribution in [1.29, 1.82) is 0 Å². The molecule has 0 bridgehead atoms. The quantitative estimate of drug-likeness (QED) is 0.921. The summed E-state index contributed by atoms with van der Waals surface area (Å²) in [6.07, 6.45) is 4.45. The molecule has 0 radical (unpaired) electrons. The van der Waals surface area contributed by atoms with Crippen molar-refractivity contribution >= 4 is 17.7 Å². The van der Waals surface area contributed by atoms with Crippen LogP contribution >= 0.6 is 11.8 Å². The molecule has 1 aliphatic carbocycles. The summed E-state index contributed by atoms with van der Waals surface area (Å²) in [6, 6.07) is 8.49. The van der Waals surface area contributed by atoms with Crippen molar-refractivity contribution in [2.24, 2.45) is 5.92 Å². The van der Waals surface area contributed by atoms with Crippen molar-refractivity contribution in [3.63, 3.8) is 0 Å². The van der Waals surface area contributed by atoms with Gasteiger partial charge in [-0.2, -0.15) is 0 Å². The molecular formula is C19H23N3OS. The maximum Gasteiger partial charge on any atom is 0.223 e. The van der Waals surface area contributed by atoms with E-state index in [1.165, 1.54) is 18.4 Å². The van der Waals surface area contributed by atoms with E-state index < -0.39 is 0 Å². The lowest BCUT2D eigenvalue weighted by molar-refractivity contribution is -0.125. The van der Waals surface area contributed by atoms with Crippen molar-refractivity contribution in [2.75, 3.05) is 5.75 Å². The maximum absolute atomic E-state index is 12.4. The third-order valence-electron chi connectivity index (χ3n) is 5.06. The lowest BCUT2D eigenvalue weighted by atomic mass is 10.1. The van der Waals surface area contributed by atoms with Crippen LogP contribution in [-0.4, -0.2) is 21.2 Å². The third kappa shape index (κ3) is 2.97. The normalized spacial score (nSPS) is 17.2. The van der Waals surface area contributed by atoms with Crippen LogP contribution in [0.1, 0.15) is 36.9 Å². The Hall–Kier alpha value is -1.75. The van der Waals surface area contributed by atoms with E-state index in [2.05, 4.69) is 41.1 Å². The molecule has 1 aliphatic heterocycles. The van der Waals surface area contributed by atoms with Crippen molar-refractivity contribution in [2.45, 2.75) is 50.9 Å². The van der Waals surface area contributed by atoms with E-state index in [1.807, 2.05) is 0 Å². The summed E-state index contributed by atoms with van der Waals surface area (Å²) in [6.45, 7) is 3.65. The van der Waals surface area contributed by atoms with Gasteiger partial charge in [0.2, 0.25) is 5.91 Å². The van der Waals surface area contributed by atoms with E-state index in [-0.39, 0.29) is 11.8 Å². The highest BCUT2D eigenvalue weighted by Gasteiger charge is 2.25. The molecular weight excluding hydrogens is 318 g/mol. The Labute approximate surface area is 147 Å². The zero-order valence-electron chi connectivity index (χ0n) is 14.0. The number of carbonyl (C=O) groups is 1. The Morgan fingerprint density at radius 2 is 2.04 bits per heavy atom. The van der Waals surface area contributed by atoms with Gasteiger partial charge >= 0.3 is 0 Å². The van der Waals surface area contributed by atoms with Crippen LogP contribution < -0.4 is 5.32 Å². The summed E-state index contributed by atoms with van der Waals surface area (Å²) in [4.78, 5) is 17.2. The SMILES string of the molecule is Cc1ccc(-c2nc3n(c2CNC(=O)C2CCCC2)CCS3)cc1. The Balaban J connectivity index is 1.59. The number of hydrogen-bond donors (Lipinski definition) is 1. The predicted octanol–water partition coefficient (Wildman–Crippen LogP) is 3.77. The zero-order valence-corrected chi connectivity index (χ0v) is 14.9. The fourth-order valence-electron chi connectivity index (χ4n) is 3.66. The van der Waals surface area contributed by atoms with Gasteiger partial charge in [0.05, 0.1) is 17.9 Å². The van der Waals surface area contributed by atoms with Crippen LogP contribution in [0.4, 0.5) is 0 Å². The summed E-state index contributed by atoms with van der Waals surface area (Å²) in [5.41, 5.74) is 4.54. The summed E-state index contributed by atoms with van der Waals surface area (Å²) in [5.74, 6) is 1.49. The summed E-state index contributed by atoms with van der Waals surface area (Å²) in [7, 11) is 0. The molecule has 1 aromatic heterocycles. The highest BCUT2D eigenvalue weighted by Crippen LogP contribution is 2.33. The lowest BCUT2D eigenvalue weighted by Crippen LogP contribution is -2.29. The standard InChI is InChI=1S/C19H23N3OS/c1-13-6-8-14(9-7-13)17-16(22-10-11-24-19(22)21-17)12-20-18(23)15-4-2-3-5-15/h6-9,15H,2-5,10-12H2,1H3,(H,20,23). The number of nitrogens with zero attached hydrogens (tertiary/aromatic N) is 2. The molecule has 0 unspecified atom stereocenters. The topological polar surface area (TPSA) is 46.9 Å². The van der Waals surface area contributed by atoms with Crippen LogP contribution in [0.25, 0.3) is 11.3 Å². The minimum absolute atomic E-state index is 0.211. The van der Waals surface area contributed by atoms with E-state index in [0.717, 1.165) is 47.2 Å². The number of aryl methyl sites for hydroxylation is 1. The fourth-order valence-corrected chi connectivity index (χ4v) is 4.63. The first-order valence-corrected chi connectivity index (χ1v) is 9.78. The lowest BCUT2D eigenvalue weighted by Gasteiger charge is -2.13. The van der Waals surface area contributed by atoms with E-state index in [9.17, 15) is 4.79 Å². The molecule has 2 heterocycles. The van der Waals surface area contributed by atoms with Crippen molar-refractivity contribution < 1.29 is 4.79 Å². The minimum Gasteiger partial charge on any atom is -0.350 e. The van der Waals surface area contributed by atoms with Crippen molar-refractivity contribution in [3.8, 4) is 11.3 Å². The van der Waals surface area contributed by atoms with Gasteiger partial charge in [-0.1, -0.05) is 54.4 Å². The highest BCUT2D eigenvalue weighted by molar-refractivity contribution is 7.99. The molecule has 1 amide bonds. The van der Waals surface area contributed by atoms with Gasteiger partial charge < -0.3 is 9.88 Å². The van der Waals surface area contributed by atoms with E-state index in [0.29, 0.717) is 6.54 Å². The second-order valence-corrected chi connectivity index (χ2v) is 7.82. The van der Waals surface area contributed by atoms with Crippen LogP contribution in [0.3, 0.4) is 0 Å². The molecule has 0 atom stereocenters. The van der Waals surface area contributed by atoms with Gasteiger partial charge in [-0.15, -0.1) is 0 Å². The number of rotatable bonds is 4. The molecule has 0 saturated heterocycles.